The zero-order valence-corrected chi connectivity index (χ0v) is 15.8. The Kier molecular flexibility index (Phi) is 5.12. The Bertz CT molecular complexity index is 787. The predicted octanol–water partition coefficient (Wildman–Crippen LogP) is 3.16. The van der Waals surface area contributed by atoms with Crippen molar-refractivity contribution in [3.05, 3.63) is 59.9 Å². The number of hydrogen-bond acceptors (Lipinski definition) is 4. The molecule has 1 aromatic carbocycles. The lowest BCUT2D eigenvalue weighted by atomic mass is 9.84. The van der Waals surface area contributed by atoms with Crippen molar-refractivity contribution in [3.63, 3.8) is 0 Å². The highest BCUT2D eigenvalue weighted by molar-refractivity contribution is 5.77. The Morgan fingerprint density at radius 1 is 1.30 bits per heavy atom. The first kappa shape index (κ1) is 18.0. The Hall–Kier alpha value is -2.40. The second-order valence-corrected chi connectivity index (χ2v) is 7.63. The second kappa shape index (κ2) is 7.69. The summed E-state index contributed by atoms with van der Waals surface area (Å²) in [6.45, 7) is 4.12. The molecule has 1 atom stereocenters. The van der Waals surface area contributed by atoms with Crippen LogP contribution in [0.2, 0.25) is 0 Å². The lowest BCUT2D eigenvalue weighted by Gasteiger charge is -2.53. The van der Waals surface area contributed by atoms with Crippen molar-refractivity contribution in [2.75, 3.05) is 19.7 Å². The summed E-state index contributed by atoms with van der Waals surface area (Å²) in [5.74, 6) is 1.01. The van der Waals surface area contributed by atoms with E-state index in [1.807, 2.05) is 29.2 Å². The van der Waals surface area contributed by atoms with Gasteiger partial charge in [0.1, 0.15) is 17.5 Å². The van der Waals surface area contributed by atoms with E-state index in [1.54, 1.807) is 12.4 Å². The Labute approximate surface area is 160 Å². The van der Waals surface area contributed by atoms with Gasteiger partial charge in [0.2, 0.25) is 5.91 Å². The zero-order chi connectivity index (χ0) is 18.7. The average Bonchev–Trinajstić information content (AvgIpc) is 2.66. The van der Waals surface area contributed by atoms with Gasteiger partial charge in [-0.05, 0) is 36.6 Å². The van der Waals surface area contributed by atoms with Crippen LogP contribution in [0.4, 0.5) is 0 Å². The molecule has 1 unspecified atom stereocenters. The fraction of sp³-hybridized carbons (Fsp3) is 0.455. The summed E-state index contributed by atoms with van der Waals surface area (Å²) in [5, 5.41) is 0. The molecule has 4 rings (SSSR count). The first-order valence-corrected chi connectivity index (χ1v) is 9.66. The van der Waals surface area contributed by atoms with Crippen LogP contribution < -0.4 is 4.74 Å². The molecule has 2 aliphatic heterocycles. The molecule has 27 heavy (non-hydrogen) atoms. The lowest BCUT2D eigenvalue weighted by Crippen LogP contribution is -2.67. The van der Waals surface area contributed by atoms with Crippen molar-refractivity contribution in [2.45, 2.75) is 44.3 Å². The quantitative estimate of drug-likeness (QED) is 0.816. The third-order valence-corrected chi connectivity index (χ3v) is 5.57. The molecule has 0 aliphatic carbocycles. The van der Waals surface area contributed by atoms with Gasteiger partial charge < -0.3 is 14.4 Å². The highest BCUT2D eigenvalue weighted by Crippen LogP contribution is 2.36. The summed E-state index contributed by atoms with van der Waals surface area (Å²) in [6, 6.07) is 12.1. The van der Waals surface area contributed by atoms with Crippen LogP contribution in [-0.2, 0) is 16.0 Å². The molecule has 5 heteroatoms. The first-order valence-electron chi connectivity index (χ1n) is 9.66. The second-order valence-electron chi connectivity index (χ2n) is 7.63. The van der Waals surface area contributed by atoms with Gasteiger partial charge in [0.25, 0.3) is 0 Å². The van der Waals surface area contributed by atoms with E-state index < -0.39 is 0 Å². The predicted molar refractivity (Wildman–Crippen MR) is 103 cm³/mol. The number of benzene rings is 1. The normalized spacial score (nSPS) is 20.9. The van der Waals surface area contributed by atoms with Crippen LogP contribution >= 0.6 is 0 Å². The van der Waals surface area contributed by atoms with E-state index in [1.165, 1.54) is 11.1 Å². The molecule has 2 aliphatic rings. The van der Waals surface area contributed by atoms with Crippen molar-refractivity contribution in [1.82, 2.24) is 9.88 Å². The molecule has 2 aromatic rings. The van der Waals surface area contributed by atoms with Crippen LogP contribution in [0.1, 0.15) is 30.4 Å². The summed E-state index contributed by atoms with van der Waals surface area (Å²) in [6.07, 6.45) is 6.64. The first-order chi connectivity index (χ1) is 13.1. The van der Waals surface area contributed by atoms with Crippen LogP contribution in [0.25, 0.3) is 0 Å². The summed E-state index contributed by atoms with van der Waals surface area (Å²) < 4.78 is 12.1. The third kappa shape index (κ3) is 4.14. The van der Waals surface area contributed by atoms with Crippen molar-refractivity contribution in [1.29, 1.82) is 0 Å². The largest absolute Gasteiger partial charge is 0.489 e. The highest BCUT2D eigenvalue weighted by atomic mass is 16.5. The summed E-state index contributed by atoms with van der Waals surface area (Å²) in [7, 11) is 0. The number of aromatic nitrogens is 1. The molecular formula is C22H26N2O3. The number of likely N-dealkylation sites (tertiary alicyclic amines) is 1. The molecule has 5 nitrogen and oxygen atoms in total. The molecule has 142 valence electrons. The fourth-order valence-electron chi connectivity index (χ4n) is 4.03. The van der Waals surface area contributed by atoms with Gasteiger partial charge in [0, 0.05) is 25.5 Å². The number of nitrogens with zero attached hydrogens (tertiary/aromatic N) is 2. The van der Waals surface area contributed by atoms with E-state index in [9.17, 15) is 4.79 Å². The van der Waals surface area contributed by atoms with Crippen molar-refractivity contribution in [2.24, 2.45) is 0 Å². The van der Waals surface area contributed by atoms with Crippen molar-refractivity contribution in [3.8, 4) is 5.75 Å². The van der Waals surface area contributed by atoms with E-state index in [2.05, 4.69) is 24.0 Å². The van der Waals surface area contributed by atoms with E-state index >= 15 is 0 Å². The zero-order valence-electron chi connectivity index (χ0n) is 15.8. The van der Waals surface area contributed by atoms with Gasteiger partial charge in [-0.25, -0.2) is 0 Å². The molecule has 0 radical (unpaired) electrons. The number of rotatable bonds is 5. The molecule has 2 saturated heterocycles. The summed E-state index contributed by atoms with van der Waals surface area (Å²) in [4.78, 5) is 18.6. The minimum Gasteiger partial charge on any atom is -0.489 e. The molecule has 1 amide bonds. The number of carbonyl (C=O) groups excluding carboxylic acids is 1. The maximum atomic E-state index is 12.5. The average molecular weight is 366 g/mol. The molecule has 0 N–H and O–H groups in total. The number of carbonyl (C=O) groups is 1. The molecule has 1 spiro atoms. The van der Waals surface area contributed by atoms with E-state index in [4.69, 9.17) is 9.47 Å². The smallest absolute Gasteiger partial charge is 0.223 e. The van der Waals surface area contributed by atoms with Crippen LogP contribution in [-0.4, -0.2) is 47.2 Å². The summed E-state index contributed by atoms with van der Waals surface area (Å²) in [5.41, 5.74) is 2.26. The van der Waals surface area contributed by atoms with Crippen LogP contribution in [0, 0.1) is 6.92 Å². The number of hydrogen-bond donors (Lipinski definition) is 0. The van der Waals surface area contributed by atoms with Crippen molar-refractivity contribution >= 4 is 5.91 Å². The van der Waals surface area contributed by atoms with Gasteiger partial charge in [-0.3, -0.25) is 9.78 Å². The monoisotopic (exact) mass is 366 g/mol. The Morgan fingerprint density at radius 2 is 2.15 bits per heavy atom. The van der Waals surface area contributed by atoms with Gasteiger partial charge in [-0.1, -0.05) is 24.3 Å². The van der Waals surface area contributed by atoms with Gasteiger partial charge >= 0.3 is 0 Å². The number of aryl methyl sites for hydroxylation is 2. The molecule has 0 bridgehead atoms. The SMILES string of the molecule is Cc1ccccc1CCC(=O)N1CC2(CC(Oc3cccnc3)CCO2)C1. The standard InChI is InChI=1S/C22H26N2O3/c1-17-5-2-3-6-18(17)8-9-21(25)24-15-22(16-24)13-19(10-12-26-22)27-20-7-4-11-23-14-20/h2-7,11,14,19H,8-10,12-13,15-16H2,1H3. The minimum atomic E-state index is -0.233. The van der Waals surface area contributed by atoms with Gasteiger partial charge in [0.05, 0.1) is 25.9 Å². The van der Waals surface area contributed by atoms with E-state index in [0.717, 1.165) is 25.0 Å². The Balaban J connectivity index is 1.27. The van der Waals surface area contributed by atoms with Gasteiger partial charge in [0.15, 0.2) is 0 Å². The molecule has 3 heterocycles. The number of ether oxygens (including phenoxy) is 2. The highest BCUT2D eigenvalue weighted by Gasteiger charge is 2.49. The Morgan fingerprint density at radius 3 is 2.93 bits per heavy atom. The van der Waals surface area contributed by atoms with Crippen LogP contribution in [0.3, 0.4) is 0 Å². The van der Waals surface area contributed by atoms with E-state index in [-0.39, 0.29) is 17.6 Å². The minimum absolute atomic E-state index is 0.118. The number of pyridine rings is 1. The van der Waals surface area contributed by atoms with Crippen LogP contribution in [0.15, 0.2) is 48.8 Å². The van der Waals surface area contributed by atoms with E-state index in [0.29, 0.717) is 26.1 Å². The van der Waals surface area contributed by atoms with Crippen LogP contribution in [0.5, 0.6) is 5.75 Å². The summed E-state index contributed by atoms with van der Waals surface area (Å²) >= 11 is 0. The van der Waals surface area contributed by atoms with Gasteiger partial charge in [-0.15, -0.1) is 0 Å². The third-order valence-electron chi connectivity index (χ3n) is 5.57. The maximum Gasteiger partial charge on any atom is 0.223 e. The molecule has 1 aromatic heterocycles. The maximum absolute atomic E-state index is 12.5. The topological polar surface area (TPSA) is 51.7 Å². The fourth-order valence-corrected chi connectivity index (χ4v) is 4.03. The van der Waals surface area contributed by atoms with Gasteiger partial charge in [-0.2, -0.15) is 0 Å². The number of amides is 1. The molecular weight excluding hydrogens is 340 g/mol. The van der Waals surface area contributed by atoms with Crippen molar-refractivity contribution < 1.29 is 14.3 Å². The molecule has 0 saturated carbocycles. The lowest BCUT2D eigenvalue weighted by molar-refractivity contribution is -0.193. The molecule has 2 fully saturated rings.